The van der Waals surface area contributed by atoms with Crippen LogP contribution in [-0.2, 0) is 9.31 Å². The van der Waals surface area contributed by atoms with E-state index in [1.165, 1.54) is 32.1 Å². The number of rotatable bonds is 1. The van der Waals surface area contributed by atoms with E-state index in [2.05, 4.69) is 0 Å². The van der Waals surface area contributed by atoms with Gasteiger partial charge in [0.2, 0.25) is 0 Å². The normalized spacial score (nSPS) is 42.7. The summed E-state index contributed by atoms with van der Waals surface area (Å²) in [6.07, 6.45) is 6.15. The first-order valence-corrected chi connectivity index (χ1v) is 8.52. The Bertz CT molecular complexity index is 451. The minimum atomic E-state index is -0.789. The second kappa shape index (κ2) is 4.35. The molecule has 0 atom stereocenters. The number of hydrogen-bond donors (Lipinski definition) is 0. The summed E-state index contributed by atoms with van der Waals surface area (Å²) in [4.78, 5) is 0. The molecule has 5 rings (SSSR count). The van der Waals surface area contributed by atoms with Crippen LogP contribution < -0.4 is 0 Å². The summed E-state index contributed by atoms with van der Waals surface area (Å²) in [5.74, 6) is 2.62. The number of allylic oxidation sites excluding steroid dienone is 1. The van der Waals surface area contributed by atoms with E-state index >= 15 is 4.39 Å². The molecule has 1 saturated heterocycles. The van der Waals surface area contributed by atoms with Crippen molar-refractivity contribution in [1.82, 2.24) is 0 Å². The van der Waals surface area contributed by atoms with Gasteiger partial charge in [0.15, 0.2) is 0 Å². The van der Waals surface area contributed by atoms with Crippen LogP contribution in [0.3, 0.4) is 0 Å². The molecular formula is C17H26BFO2. The van der Waals surface area contributed by atoms with Crippen molar-refractivity contribution in [3.8, 4) is 0 Å². The quantitative estimate of drug-likeness (QED) is 0.671. The third-order valence-corrected chi connectivity index (χ3v) is 6.75. The van der Waals surface area contributed by atoms with Crippen molar-refractivity contribution in [3.63, 3.8) is 0 Å². The lowest BCUT2D eigenvalue weighted by atomic mass is 9.53. The predicted octanol–water partition coefficient (Wildman–Crippen LogP) is 4.30. The molecule has 0 amide bonds. The molecule has 4 saturated carbocycles. The van der Waals surface area contributed by atoms with Crippen LogP contribution in [-0.4, -0.2) is 18.3 Å². The highest BCUT2D eigenvalue weighted by Gasteiger charge is 2.55. The second-order valence-electron chi connectivity index (χ2n) is 8.70. The largest absolute Gasteiger partial charge is 0.525 e. The van der Waals surface area contributed by atoms with Gasteiger partial charge in [-0.05, 0) is 89.0 Å². The molecule has 2 nitrogen and oxygen atoms in total. The van der Waals surface area contributed by atoms with E-state index in [1.54, 1.807) is 0 Å². The molecule has 0 radical (unpaired) electrons. The zero-order valence-electron chi connectivity index (χ0n) is 13.6. The van der Waals surface area contributed by atoms with Gasteiger partial charge in [0, 0.05) is 0 Å². The van der Waals surface area contributed by atoms with Crippen LogP contribution in [0.1, 0.15) is 59.8 Å². The second-order valence-corrected chi connectivity index (χ2v) is 8.70. The van der Waals surface area contributed by atoms with E-state index in [-0.39, 0.29) is 5.73 Å². The lowest BCUT2D eigenvalue weighted by Gasteiger charge is -2.51. The van der Waals surface area contributed by atoms with Crippen molar-refractivity contribution >= 4 is 7.12 Å². The zero-order chi connectivity index (χ0) is 15.0. The molecule has 4 bridgehead atoms. The van der Waals surface area contributed by atoms with Gasteiger partial charge in [-0.25, -0.2) is 4.39 Å². The van der Waals surface area contributed by atoms with Crippen molar-refractivity contribution < 1.29 is 13.7 Å². The molecule has 4 heteroatoms. The van der Waals surface area contributed by atoms with Crippen LogP contribution in [0.5, 0.6) is 0 Å². The van der Waals surface area contributed by atoms with Gasteiger partial charge < -0.3 is 9.31 Å². The van der Waals surface area contributed by atoms with Gasteiger partial charge in [0.1, 0.15) is 5.73 Å². The Morgan fingerprint density at radius 1 is 0.905 bits per heavy atom. The molecule has 1 heterocycles. The molecule has 116 valence electrons. The maximum atomic E-state index is 15.2. The minimum absolute atomic E-state index is 0.0950. The van der Waals surface area contributed by atoms with Crippen molar-refractivity contribution in [2.75, 3.05) is 0 Å². The Morgan fingerprint density at radius 2 is 1.33 bits per heavy atom. The first kappa shape index (κ1) is 14.3. The highest BCUT2D eigenvalue weighted by atomic mass is 19.1. The third-order valence-electron chi connectivity index (χ3n) is 6.75. The first-order valence-electron chi connectivity index (χ1n) is 8.52. The maximum absolute atomic E-state index is 15.2. The Kier molecular flexibility index (Phi) is 2.95. The van der Waals surface area contributed by atoms with Crippen LogP contribution in [0.15, 0.2) is 11.3 Å². The molecule has 4 aliphatic carbocycles. The smallest absolute Gasteiger partial charge is 0.398 e. The van der Waals surface area contributed by atoms with Crippen LogP contribution in [0, 0.1) is 23.7 Å². The van der Waals surface area contributed by atoms with Gasteiger partial charge in [-0.2, -0.15) is 0 Å². The molecular weight excluding hydrogens is 266 g/mol. The van der Waals surface area contributed by atoms with Crippen LogP contribution >= 0.6 is 0 Å². The molecule has 5 fully saturated rings. The summed E-state index contributed by atoms with van der Waals surface area (Å²) in [5.41, 5.74) is 0.0475. The van der Waals surface area contributed by atoms with Crippen LogP contribution in [0.4, 0.5) is 4.39 Å². The molecule has 5 aliphatic rings. The van der Waals surface area contributed by atoms with E-state index in [1.807, 2.05) is 27.7 Å². The molecule has 21 heavy (non-hydrogen) atoms. The van der Waals surface area contributed by atoms with E-state index in [9.17, 15) is 0 Å². The molecule has 0 unspecified atom stereocenters. The lowest BCUT2D eigenvalue weighted by Crippen LogP contribution is -2.42. The summed E-state index contributed by atoms with van der Waals surface area (Å²) in [7, 11) is -0.789. The van der Waals surface area contributed by atoms with Gasteiger partial charge in [-0.3, -0.25) is 0 Å². The van der Waals surface area contributed by atoms with Crippen molar-refractivity contribution in [3.05, 3.63) is 11.3 Å². The van der Waals surface area contributed by atoms with E-state index in [0.717, 1.165) is 17.4 Å². The monoisotopic (exact) mass is 292 g/mol. The molecule has 0 aromatic rings. The summed E-state index contributed by atoms with van der Waals surface area (Å²) >= 11 is 0. The first-order chi connectivity index (χ1) is 9.77. The maximum Gasteiger partial charge on any atom is 0.525 e. The summed E-state index contributed by atoms with van der Waals surface area (Å²) < 4.78 is 27.0. The fraction of sp³-hybridized carbons (Fsp3) is 0.882. The highest BCUT2D eigenvalue weighted by molar-refractivity contribution is 6.53. The van der Waals surface area contributed by atoms with Gasteiger partial charge in [-0.1, -0.05) is 0 Å². The molecule has 0 N–H and O–H groups in total. The molecule has 0 aromatic carbocycles. The van der Waals surface area contributed by atoms with Gasteiger partial charge in [-0.15, -0.1) is 0 Å². The predicted molar refractivity (Wildman–Crippen MR) is 81.3 cm³/mol. The Labute approximate surface area is 127 Å². The minimum Gasteiger partial charge on any atom is -0.398 e. The number of halogens is 1. The van der Waals surface area contributed by atoms with E-state index < -0.39 is 18.3 Å². The fourth-order valence-electron chi connectivity index (χ4n) is 5.16. The van der Waals surface area contributed by atoms with E-state index in [4.69, 9.17) is 9.31 Å². The topological polar surface area (TPSA) is 18.5 Å². The Balaban J connectivity index is 1.64. The highest BCUT2D eigenvalue weighted by Crippen LogP contribution is 2.57. The fourth-order valence-corrected chi connectivity index (χ4v) is 5.16. The van der Waals surface area contributed by atoms with Gasteiger partial charge in [0.05, 0.1) is 11.2 Å². The summed E-state index contributed by atoms with van der Waals surface area (Å²) in [5, 5.41) is 0. The molecule has 0 spiro atoms. The molecule has 1 aliphatic heterocycles. The SMILES string of the molecule is CC1(C)OB(C(F)=C2C3CC4CC(C3)CC2C4)OC1(C)C. The standard InChI is InChI=1S/C17H26BFO2/c1-16(2)17(3,4)21-18(20-16)15(19)14-12-6-10-5-11(8-12)9-13(14)7-10/h10-13H,5-9H2,1-4H3. The average molecular weight is 292 g/mol. The summed E-state index contributed by atoms with van der Waals surface area (Å²) in [6.45, 7) is 7.95. The van der Waals surface area contributed by atoms with Crippen molar-refractivity contribution in [2.45, 2.75) is 71.0 Å². The lowest BCUT2D eigenvalue weighted by molar-refractivity contribution is 0.00578. The Hall–Kier alpha value is -0.345. The van der Waals surface area contributed by atoms with Crippen molar-refractivity contribution in [2.24, 2.45) is 23.7 Å². The summed E-state index contributed by atoms with van der Waals surface area (Å²) in [6, 6.07) is 0. The number of hydrogen-bond acceptors (Lipinski definition) is 2. The van der Waals surface area contributed by atoms with Gasteiger partial charge in [0.25, 0.3) is 0 Å². The average Bonchev–Trinajstić information content (AvgIpc) is 2.57. The van der Waals surface area contributed by atoms with Gasteiger partial charge >= 0.3 is 7.12 Å². The van der Waals surface area contributed by atoms with E-state index in [0.29, 0.717) is 11.8 Å². The van der Waals surface area contributed by atoms with Crippen LogP contribution in [0.25, 0.3) is 0 Å². The van der Waals surface area contributed by atoms with Crippen molar-refractivity contribution in [1.29, 1.82) is 0 Å². The molecule has 0 aromatic heterocycles. The zero-order valence-corrected chi connectivity index (χ0v) is 13.6. The Morgan fingerprint density at radius 3 is 1.76 bits per heavy atom. The third kappa shape index (κ3) is 2.05. The van der Waals surface area contributed by atoms with Crippen LogP contribution in [0.2, 0.25) is 0 Å².